The maximum Gasteiger partial charge on any atom is 0.313 e. The molecule has 0 aliphatic rings. The fourth-order valence-electron chi connectivity index (χ4n) is 2.14. The van der Waals surface area contributed by atoms with E-state index in [1.165, 1.54) is 11.9 Å². The molecular formula is C17H17N3O2. The van der Waals surface area contributed by atoms with Crippen molar-refractivity contribution in [1.82, 2.24) is 4.90 Å². The Balaban J connectivity index is 2.17. The van der Waals surface area contributed by atoms with Crippen molar-refractivity contribution >= 4 is 28.3 Å². The lowest BCUT2D eigenvalue weighted by molar-refractivity contribution is -0.143. The second-order valence-electron chi connectivity index (χ2n) is 5.11. The van der Waals surface area contributed by atoms with E-state index in [0.29, 0.717) is 5.69 Å². The van der Waals surface area contributed by atoms with Gasteiger partial charge >= 0.3 is 11.8 Å². The second-order valence-corrected chi connectivity index (χ2v) is 5.11. The lowest BCUT2D eigenvalue weighted by atomic mass is 10.1. The van der Waals surface area contributed by atoms with E-state index in [-0.39, 0.29) is 12.5 Å². The van der Waals surface area contributed by atoms with E-state index in [9.17, 15) is 9.59 Å². The van der Waals surface area contributed by atoms with Crippen LogP contribution in [0, 0.1) is 11.3 Å². The molecule has 0 aliphatic heterocycles. The van der Waals surface area contributed by atoms with Crippen LogP contribution in [0.15, 0.2) is 42.5 Å². The van der Waals surface area contributed by atoms with Crippen LogP contribution in [0.25, 0.3) is 10.8 Å². The van der Waals surface area contributed by atoms with Crippen LogP contribution in [0.2, 0.25) is 0 Å². The zero-order valence-electron chi connectivity index (χ0n) is 12.5. The number of carbonyl (C=O) groups excluding carboxylic acids is 2. The molecular weight excluding hydrogens is 278 g/mol. The number of anilines is 1. The number of nitriles is 1. The minimum atomic E-state index is -0.705. The van der Waals surface area contributed by atoms with Crippen LogP contribution < -0.4 is 5.32 Å². The zero-order chi connectivity index (χ0) is 16.1. The van der Waals surface area contributed by atoms with Gasteiger partial charge in [0.15, 0.2) is 0 Å². The SMILES string of the molecule is C[C@H](CC#N)N(C)C(=O)C(=O)Nc1cccc2ccccc12. The number of amides is 2. The lowest BCUT2D eigenvalue weighted by Gasteiger charge is -2.22. The Morgan fingerprint density at radius 2 is 1.91 bits per heavy atom. The Hall–Kier alpha value is -2.87. The van der Waals surface area contributed by atoms with Gasteiger partial charge in [0.1, 0.15) is 0 Å². The maximum absolute atomic E-state index is 12.1. The van der Waals surface area contributed by atoms with Gasteiger partial charge in [-0.05, 0) is 18.4 Å². The summed E-state index contributed by atoms with van der Waals surface area (Å²) in [7, 11) is 1.52. The normalized spacial score (nSPS) is 11.5. The quantitative estimate of drug-likeness (QED) is 0.884. The molecule has 2 aromatic rings. The van der Waals surface area contributed by atoms with Gasteiger partial charge in [-0.2, -0.15) is 5.26 Å². The Bertz CT molecular complexity index is 744. The van der Waals surface area contributed by atoms with E-state index in [0.717, 1.165) is 10.8 Å². The predicted molar refractivity (Wildman–Crippen MR) is 85.0 cm³/mol. The molecule has 112 valence electrons. The number of nitrogens with zero attached hydrogens (tertiary/aromatic N) is 2. The third-order valence-corrected chi connectivity index (χ3v) is 3.60. The van der Waals surface area contributed by atoms with Crippen molar-refractivity contribution in [3.8, 4) is 6.07 Å². The van der Waals surface area contributed by atoms with Gasteiger partial charge in [-0.1, -0.05) is 36.4 Å². The van der Waals surface area contributed by atoms with Crippen LogP contribution in [0.4, 0.5) is 5.69 Å². The molecule has 2 rings (SSSR count). The summed E-state index contributed by atoms with van der Waals surface area (Å²) in [6, 6.07) is 14.8. The van der Waals surface area contributed by atoms with E-state index in [1.807, 2.05) is 42.5 Å². The molecule has 0 spiro atoms. The third kappa shape index (κ3) is 3.23. The van der Waals surface area contributed by atoms with Crippen molar-refractivity contribution in [3.05, 3.63) is 42.5 Å². The highest BCUT2D eigenvalue weighted by atomic mass is 16.2. The molecule has 0 aliphatic carbocycles. The van der Waals surface area contributed by atoms with Crippen molar-refractivity contribution in [3.63, 3.8) is 0 Å². The summed E-state index contributed by atoms with van der Waals surface area (Å²) in [6.07, 6.45) is 0.184. The van der Waals surface area contributed by atoms with E-state index in [4.69, 9.17) is 5.26 Å². The number of likely N-dealkylation sites (N-methyl/N-ethyl adjacent to an activating group) is 1. The second kappa shape index (κ2) is 6.72. The molecule has 5 heteroatoms. The molecule has 0 aromatic heterocycles. The van der Waals surface area contributed by atoms with Crippen LogP contribution in [-0.4, -0.2) is 29.8 Å². The van der Waals surface area contributed by atoms with Gasteiger partial charge in [0.05, 0.1) is 12.5 Å². The minimum absolute atomic E-state index is 0.184. The first kappa shape index (κ1) is 15.5. The highest BCUT2D eigenvalue weighted by Crippen LogP contribution is 2.22. The summed E-state index contributed by atoms with van der Waals surface area (Å²) in [4.78, 5) is 25.5. The van der Waals surface area contributed by atoms with Crippen molar-refractivity contribution in [2.45, 2.75) is 19.4 Å². The fourth-order valence-corrected chi connectivity index (χ4v) is 2.14. The Kier molecular flexibility index (Phi) is 4.74. The average molecular weight is 295 g/mol. The highest BCUT2D eigenvalue weighted by Gasteiger charge is 2.23. The van der Waals surface area contributed by atoms with Crippen LogP contribution in [0.5, 0.6) is 0 Å². The summed E-state index contributed by atoms with van der Waals surface area (Å²) < 4.78 is 0. The first-order valence-corrected chi connectivity index (χ1v) is 6.97. The molecule has 0 saturated heterocycles. The molecule has 0 heterocycles. The smallest absolute Gasteiger partial charge is 0.313 e. The summed E-state index contributed by atoms with van der Waals surface area (Å²) in [5, 5.41) is 13.2. The first-order chi connectivity index (χ1) is 10.5. The molecule has 1 N–H and O–H groups in total. The summed E-state index contributed by atoms with van der Waals surface area (Å²) in [5.41, 5.74) is 0.595. The Morgan fingerprint density at radius 1 is 1.23 bits per heavy atom. The Morgan fingerprint density at radius 3 is 2.64 bits per heavy atom. The number of fused-ring (bicyclic) bond motifs is 1. The van der Waals surface area contributed by atoms with E-state index in [1.54, 1.807) is 13.0 Å². The van der Waals surface area contributed by atoms with Crippen molar-refractivity contribution < 1.29 is 9.59 Å². The number of carbonyl (C=O) groups is 2. The maximum atomic E-state index is 12.1. The zero-order valence-corrected chi connectivity index (χ0v) is 12.5. The third-order valence-electron chi connectivity index (χ3n) is 3.60. The molecule has 2 amide bonds. The topological polar surface area (TPSA) is 73.2 Å². The first-order valence-electron chi connectivity index (χ1n) is 6.97. The van der Waals surface area contributed by atoms with Gasteiger partial charge in [0, 0.05) is 24.2 Å². The number of rotatable bonds is 3. The van der Waals surface area contributed by atoms with Gasteiger partial charge < -0.3 is 10.2 Å². The lowest BCUT2D eigenvalue weighted by Crippen LogP contribution is -2.42. The minimum Gasteiger partial charge on any atom is -0.334 e. The molecule has 2 aromatic carbocycles. The van der Waals surface area contributed by atoms with E-state index in [2.05, 4.69) is 5.32 Å². The molecule has 1 atom stereocenters. The van der Waals surface area contributed by atoms with Crippen molar-refractivity contribution in [2.75, 3.05) is 12.4 Å². The Labute approximate surface area is 129 Å². The average Bonchev–Trinajstić information content (AvgIpc) is 2.54. The van der Waals surface area contributed by atoms with Gasteiger partial charge in [-0.3, -0.25) is 9.59 Å². The number of nitrogens with one attached hydrogen (secondary N) is 1. The monoisotopic (exact) mass is 295 g/mol. The van der Waals surface area contributed by atoms with Gasteiger partial charge in [0.25, 0.3) is 0 Å². The molecule has 5 nitrogen and oxygen atoms in total. The standard InChI is InChI=1S/C17H17N3O2/c1-12(10-11-18)20(2)17(22)16(21)19-15-9-5-7-13-6-3-4-8-14(13)15/h3-9,12H,10H2,1-2H3,(H,19,21)/t12-/m1/s1. The number of benzene rings is 2. The molecule has 0 saturated carbocycles. The molecule has 0 bridgehead atoms. The molecule has 22 heavy (non-hydrogen) atoms. The largest absolute Gasteiger partial charge is 0.334 e. The summed E-state index contributed by atoms with van der Waals surface area (Å²) in [6.45, 7) is 1.73. The fraction of sp³-hybridized carbons (Fsp3) is 0.235. The van der Waals surface area contributed by atoms with Gasteiger partial charge in [0.2, 0.25) is 0 Å². The highest BCUT2D eigenvalue weighted by molar-refractivity contribution is 6.40. The van der Waals surface area contributed by atoms with Crippen LogP contribution >= 0.6 is 0 Å². The molecule has 0 radical (unpaired) electrons. The number of hydrogen-bond acceptors (Lipinski definition) is 3. The van der Waals surface area contributed by atoms with Gasteiger partial charge in [-0.15, -0.1) is 0 Å². The van der Waals surface area contributed by atoms with E-state index < -0.39 is 11.8 Å². The van der Waals surface area contributed by atoms with Crippen LogP contribution in [0.1, 0.15) is 13.3 Å². The molecule has 0 unspecified atom stereocenters. The summed E-state index contributed by atoms with van der Waals surface area (Å²) >= 11 is 0. The van der Waals surface area contributed by atoms with E-state index >= 15 is 0 Å². The van der Waals surface area contributed by atoms with Crippen molar-refractivity contribution in [2.24, 2.45) is 0 Å². The molecule has 0 fully saturated rings. The summed E-state index contributed by atoms with van der Waals surface area (Å²) in [5.74, 6) is -1.36. The van der Waals surface area contributed by atoms with Crippen LogP contribution in [-0.2, 0) is 9.59 Å². The predicted octanol–water partition coefficient (Wildman–Crippen LogP) is 2.54. The van der Waals surface area contributed by atoms with Gasteiger partial charge in [-0.25, -0.2) is 0 Å². The van der Waals surface area contributed by atoms with Crippen molar-refractivity contribution in [1.29, 1.82) is 5.26 Å². The van der Waals surface area contributed by atoms with Crippen LogP contribution in [0.3, 0.4) is 0 Å². The number of hydrogen-bond donors (Lipinski definition) is 1.